The van der Waals surface area contributed by atoms with Crippen LogP contribution in [0.15, 0.2) is 24.3 Å². The predicted molar refractivity (Wildman–Crippen MR) is 85.3 cm³/mol. The van der Waals surface area contributed by atoms with Crippen LogP contribution < -0.4 is 5.32 Å². The second kappa shape index (κ2) is 6.37. The van der Waals surface area contributed by atoms with E-state index in [0.717, 1.165) is 24.3 Å². The van der Waals surface area contributed by atoms with Crippen molar-refractivity contribution in [2.75, 3.05) is 11.9 Å². The summed E-state index contributed by atoms with van der Waals surface area (Å²) in [5.74, 6) is 0. The molecule has 1 aromatic carbocycles. The fourth-order valence-corrected chi connectivity index (χ4v) is 4.25. The van der Waals surface area contributed by atoms with Crippen molar-refractivity contribution < 1.29 is 9.84 Å². The first-order chi connectivity index (χ1) is 10.3. The number of para-hydroxylation sites is 1. The van der Waals surface area contributed by atoms with Gasteiger partial charge in [0.25, 0.3) is 0 Å². The van der Waals surface area contributed by atoms with Crippen LogP contribution in [0.2, 0.25) is 0 Å². The number of ether oxygens (including phenoxy) is 1. The van der Waals surface area contributed by atoms with Gasteiger partial charge >= 0.3 is 0 Å². The fourth-order valence-electron chi connectivity index (χ4n) is 4.25. The molecule has 0 aliphatic heterocycles. The first-order valence-electron chi connectivity index (χ1n) is 8.37. The van der Waals surface area contributed by atoms with Crippen LogP contribution in [0.1, 0.15) is 51.0 Å². The topological polar surface area (TPSA) is 41.5 Å². The Morgan fingerprint density at radius 3 is 2.71 bits per heavy atom. The summed E-state index contributed by atoms with van der Waals surface area (Å²) < 4.78 is 6.01. The summed E-state index contributed by atoms with van der Waals surface area (Å²) in [5, 5.41) is 13.2. The number of aliphatic hydroxyl groups is 1. The van der Waals surface area contributed by atoms with Crippen LogP contribution in [-0.2, 0) is 11.3 Å². The summed E-state index contributed by atoms with van der Waals surface area (Å²) >= 11 is 0. The molecule has 1 spiro atoms. The monoisotopic (exact) mass is 289 g/mol. The summed E-state index contributed by atoms with van der Waals surface area (Å²) in [6.07, 6.45) is 8.07. The van der Waals surface area contributed by atoms with Gasteiger partial charge in [-0.25, -0.2) is 0 Å². The lowest BCUT2D eigenvalue weighted by Crippen LogP contribution is -2.62. The van der Waals surface area contributed by atoms with Crippen molar-refractivity contribution in [3.63, 3.8) is 0 Å². The SMILES string of the molecule is CCOC1CC(Nc2ccccc2CO)C12CCCCC2. The van der Waals surface area contributed by atoms with Gasteiger partial charge in [0, 0.05) is 29.3 Å². The van der Waals surface area contributed by atoms with Crippen LogP contribution in [0.3, 0.4) is 0 Å². The Bertz CT molecular complexity index is 468. The predicted octanol–water partition coefficient (Wildman–Crippen LogP) is 3.72. The highest BCUT2D eigenvalue weighted by molar-refractivity contribution is 5.52. The van der Waals surface area contributed by atoms with Crippen LogP contribution in [0.5, 0.6) is 0 Å². The van der Waals surface area contributed by atoms with Crippen molar-refractivity contribution in [3.05, 3.63) is 29.8 Å². The highest BCUT2D eigenvalue weighted by Gasteiger charge is 2.55. The smallest absolute Gasteiger partial charge is 0.0701 e. The zero-order valence-corrected chi connectivity index (χ0v) is 13.0. The van der Waals surface area contributed by atoms with Gasteiger partial charge in [-0.15, -0.1) is 0 Å². The maximum atomic E-state index is 9.50. The van der Waals surface area contributed by atoms with Gasteiger partial charge in [0.05, 0.1) is 12.7 Å². The van der Waals surface area contributed by atoms with E-state index in [2.05, 4.69) is 18.3 Å². The molecule has 2 aliphatic rings. The van der Waals surface area contributed by atoms with E-state index in [9.17, 15) is 5.11 Å². The minimum atomic E-state index is 0.0950. The quantitative estimate of drug-likeness (QED) is 0.868. The lowest BCUT2D eigenvalue weighted by Gasteiger charge is -2.58. The maximum absolute atomic E-state index is 9.50. The Hall–Kier alpha value is -1.06. The largest absolute Gasteiger partial charge is 0.392 e. The summed E-state index contributed by atoms with van der Waals surface area (Å²) in [5.41, 5.74) is 2.39. The van der Waals surface area contributed by atoms with Crippen LogP contribution in [-0.4, -0.2) is 23.9 Å². The molecule has 0 radical (unpaired) electrons. The zero-order valence-electron chi connectivity index (χ0n) is 13.0. The normalized spacial score (nSPS) is 27.3. The highest BCUT2D eigenvalue weighted by atomic mass is 16.5. The lowest BCUT2D eigenvalue weighted by molar-refractivity contribution is -0.134. The Kier molecular flexibility index (Phi) is 4.51. The average molecular weight is 289 g/mol. The zero-order chi connectivity index (χ0) is 14.7. The first-order valence-corrected chi connectivity index (χ1v) is 8.37. The molecule has 3 rings (SSSR count). The van der Waals surface area contributed by atoms with Crippen molar-refractivity contribution >= 4 is 5.69 Å². The molecule has 2 atom stereocenters. The third-order valence-corrected chi connectivity index (χ3v) is 5.45. The average Bonchev–Trinajstić information content (AvgIpc) is 2.55. The Labute approximate surface area is 127 Å². The molecular weight excluding hydrogens is 262 g/mol. The summed E-state index contributed by atoms with van der Waals surface area (Å²) in [7, 11) is 0. The molecule has 0 heterocycles. The van der Waals surface area contributed by atoms with Crippen LogP contribution in [0.25, 0.3) is 0 Å². The minimum absolute atomic E-state index is 0.0950. The molecular formula is C18H27NO2. The molecule has 1 aromatic rings. The van der Waals surface area contributed by atoms with Crippen LogP contribution >= 0.6 is 0 Å². The number of hydrogen-bond acceptors (Lipinski definition) is 3. The minimum Gasteiger partial charge on any atom is -0.392 e. The highest BCUT2D eigenvalue weighted by Crippen LogP contribution is 2.54. The molecule has 0 saturated heterocycles. The van der Waals surface area contributed by atoms with E-state index in [4.69, 9.17) is 4.74 Å². The molecule has 2 N–H and O–H groups in total. The Balaban J connectivity index is 1.75. The van der Waals surface area contributed by atoms with Gasteiger partial charge in [-0.05, 0) is 32.3 Å². The molecule has 0 amide bonds. The molecule has 3 nitrogen and oxygen atoms in total. The third kappa shape index (κ3) is 2.69. The van der Waals surface area contributed by atoms with E-state index in [1.54, 1.807) is 0 Å². The van der Waals surface area contributed by atoms with E-state index in [0.29, 0.717) is 17.6 Å². The molecule has 21 heavy (non-hydrogen) atoms. The van der Waals surface area contributed by atoms with E-state index < -0.39 is 0 Å². The van der Waals surface area contributed by atoms with Crippen molar-refractivity contribution in [2.24, 2.45) is 5.41 Å². The van der Waals surface area contributed by atoms with Crippen molar-refractivity contribution in [2.45, 2.75) is 64.2 Å². The molecule has 116 valence electrons. The number of aliphatic hydroxyl groups excluding tert-OH is 1. The summed E-state index contributed by atoms with van der Waals surface area (Å²) in [6, 6.07) is 8.58. The number of nitrogens with one attached hydrogen (secondary N) is 1. The van der Waals surface area contributed by atoms with Crippen LogP contribution in [0.4, 0.5) is 5.69 Å². The van der Waals surface area contributed by atoms with Gasteiger partial charge in [0.1, 0.15) is 0 Å². The summed E-state index contributed by atoms with van der Waals surface area (Å²) in [4.78, 5) is 0. The molecule has 2 unspecified atom stereocenters. The van der Waals surface area contributed by atoms with Crippen molar-refractivity contribution in [3.8, 4) is 0 Å². The standard InChI is InChI=1S/C18H27NO2/c1-2-21-17-12-16(18(17)10-6-3-7-11-18)19-15-9-5-4-8-14(15)13-20/h4-5,8-9,16-17,19-20H,2-3,6-7,10-13H2,1H3. The second-order valence-electron chi connectivity index (χ2n) is 6.49. The molecule has 2 saturated carbocycles. The summed E-state index contributed by atoms with van der Waals surface area (Å²) in [6.45, 7) is 3.00. The second-order valence-corrected chi connectivity index (χ2v) is 6.49. The first kappa shape index (κ1) is 14.9. The molecule has 0 aromatic heterocycles. The van der Waals surface area contributed by atoms with Gasteiger partial charge in [0.15, 0.2) is 0 Å². The molecule has 2 aliphatic carbocycles. The van der Waals surface area contributed by atoms with Crippen LogP contribution in [0, 0.1) is 5.41 Å². The number of benzene rings is 1. The van der Waals surface area contributed by atoms with Crippen molar-refractivity contribution in [1.82, 2.24) is 0 Å². The molecule has 3 heteroatoms. The van der Waals surface area contributed by atoms with E-state index in [-0.39, 0.29) is 6.61 Å². The van der Waals surface area contributed by atoms with E-state index in [1.807, 2.05) is 18.2 Å². The van der Waals surface area contributed by atoms with Gasteiger partial charge in [-0.2, -0.15) is 0 Å². The van der Waals surface area contributed by atoms with Gasteiger partial charge < -0.3 is 15.2 Å². The van der Waals surface area contributed by atoms with Gasteiger partial charge in [-0.1, -0.05) is 37.5 Å². The number of rotatable bonds is 5. The van der Waals surface area contributed by atoms with Gasteiger partial charge in [-0.3, -0.25) is 0 Å². The molecule has 2 fully saturated rings. The molecule has 0 bridgehead atoms. The van der Waals surface area contributed by atoms with Gasteiger partial charge in [0.2, 0.25) is 0 Å². The number of anilines is 1. The Morgan fingerprint density at radius 1 is 1.24 bits per heavy atom. The maximum Gasteiger partial charge on any atom is 0.0701 e. The van der Waals surface area contributed by atoms with E-state index in [1.165, 1.54) is 32.1 Å². The Morgan fingerprint density at radius 2 is 2.00 bits per heavy atom. The third-order valence-electron chi connectivity index (χ3n) is 5.45. The fraction of sp³-hybridized carbons (Fsp3) is 0.667. The lowest BCUT2D eigenvalue weighted by atomic mass is 9.55. The van der Waals surface area contributed by atoms with Crippen molar-refractivity contribution in [1.29, 1.82) is 0 Å². The van der Waals surface area contributed by atoms with E-state index >= 15 is 0 Å². The number of hydrogen-bond donors (Lipinski definition) is 2.